The van der Waals surface area contributed by atoms with Crippen LogP contribution < -0.4 is 10.1 Å². The third-order valence-corrected chi connectivity index (χ3v) is 3.70. The number of hydrogen-bond donors (Lipinski definition) is 1. The van der Waals surface area contributed by atoms with Crippen LogP contribution in [0.25, 0.3) is 0 Å². The SMILES string of the molecule is C[C@@H](Oc1cccnc1NCc1ccnn1C)c1ccccc1. The smallest absolute Gasteiger partial charge is 0.169 e. The number of anilines is 1. The van der Waals surface area contributed by atoms with E-state index in [4.69, 9.17) is 4.74 Å². The third kappa shape index (κ3) is 3.69. The Morgan fingerprint density at radius 3 is 2.65 bits per heavy atom. The highest BCUT2D eigenvalue weighted by molar-refractivity contribution is 5.49. The number of aryl methyl sites for hydroxylation is 1. The van der Waals surface area contributed by atoms with Gasteiger partial charge in [0, 0.05) is 19.4 Å². The van der Waals surface area contributed by atoms with Crippen molar-refractivity contribution in [1.82, 2.24) is 14.8 Å². The first kappa shape index (κ1) is 15.1. The topological polar surface area (TPSA) is 52.0 Å². The molecule has 0 saturated heterocycles. The molecule has 1 N–H and O–H groups in total. The highest BCUT2D eigenvalue weighted by Crippen LogP contribution is 2.27. The molecule has 0 aliphatic heterocycles. The maximum atomic E-state index is 6.08. The Bertz CT molecular complexity index is 754. The fourth-order valence-electron chi connectivity index (χ4n) is 2.35. The molecular weight excluding hydrogens is 288 g/mol. The van der Waals surface area contributed by atoms with Gasteiger partial charge in [0.1, 0.15) is 6.10 Å². The Morgan fingerprint density at radius 2 is 1.91 bits per heavy atom. The molecule has 0 saturated carbocycles. The summed E-state index contributed by atoms with van der Waals surface area (Å²) in [5.74, 6) is 1.47. The van der Waals surface area contributed by atoms with Gasteiger partial charge in [0.25, 0.3) is 0 Å². The van der Waals surface area contributed by atoms with Crippen molar-refractivity contribution >= 4 is 5.82 Å². The van der Waals surface area contributed by atoms with Crippen molar-refractivity contribution in [3.8, 4) is 5.75 Å². The van der Waals surface area contributed by atoms with Gasteiger partial charge in [-0.15, -0.1) is 0 Å². The summed E-state index contributed by atoms with van der Waals surface area (Å²) in [6, 6.07) is 15.9. The van der Waals surface area contributed by atoms with Crippen molar-refractivity contribution in [1.29, 1.82) is 0 Å². The van der Waals surface area contributed by atoms with E-state index in [1.165, 1.54) is 0 Å². The maximum Gasteiger partial charge on any atom is 0.169 e. The zero-order valence-corrected chi connectivity index (χ0v) is 13.3. The number of ether oxygens (including phenoxy) is 1. The van der Waals surface area contributed by atoms with Crippen molar-refractivity contribution in [2.24, 2.45) is 7.05 Å². The predicted molar refractivity (Wildman–Crippen MR) is 90.3 cm³/mol. The number of nitrogens with one attached hydrogen (secondary N) is 1. The van der Waals surface area contributed by atoms with E-state index in [-0.39, 0.29) is 6.10 Å². The van der Waals surface area contributed by atoms with Gasteiger partial charge in [0.05, 0.1) is 12.2 Å². The molecule has 0 radical (unpaired) electrons. The summed E-state index contributed by atoms with van der Waals surface area (Å²) in [5, 5.41) is 7.48. The van der Waals surface area contributed by atoms with Crippen LogP contribution in [-0.4, -0.2) is 14.8 Å². The zero-order valence-electron chi connectivity index (χ0n) is 13.3. The van der Waals surface area contributed by atoms with E-state index in [1.54, 1.807) is 12.4 Å². The van der Waals surface area contributed by atoms with Gasteiger partial charge >= 0.3 is 0 Å². The molecule has 0 unspecified atom stereocenters. The third-order valence-electron chi connectivity index (χ3n) is 3.70. The van der Waals surface area contributed by atoms with Crippen molar-refractivity contribution in [3.63, 3.8) is 0 Å². The van der Waals surface area contributed by atoms with Crippen LogP contribution in [0, 0.1) is 0 Å². The Hall–Kier alpha value is -2.82. The molecule has 0 bridgehead atoms. The number of benzene rings is 1. The van der Waals surface area contributed by atoms with E-state index < -0.39 is 0 Å². The molecule has 1 atom stereocenters. The standard InChI is InChI=1S/C18H20N4O/c1-14(15-7-4-3-5-8-15)23-17-9-6-11-19-18(17)20-13-16-10-12-21-22(16)2/h3-12,14H,13H2,1-2H3,(H,19,20)/t14-/m1/s1. The average molecular weight is 308 g/mol. The lowest BCUT2D eigenvalue weighted by Gasteiger charge is -2.17. The minimum absolute atomic E-state index is 0.0438. The van der Waals surface area contributed by atoms with Gasteiger partial charge in [-0.3, -0.25) is 4.68 Å². The van der Waals surface area contributed by atoms with Crippen LogP contribution in [0.3, 0.4) is 0 Å². The molecule has 0 aliphatic carbocycles. The normalized spacial score (nSPS) is 11.9. The van der Waals surface area contributed by atoms with E-state index in [0.29, 0.717) is 6.54 Å². The molecule has 2 aromatic heterocycles. The van der Waals surface area contributed by atoms with E-state index in [9.17, 15) is 0 Å². The highest BCUT2D eigenvalue weighted by Gasteiger charge is 2.11. The Balaban J connectivity index is 1.72. The fraction of sp³-hybridized carbons (Fsp3) is 0.222. The van der Waals surface area contributed by atoms with Crippen molar-refractivity contribution in [2.45, 2.75) is 19.6 Å². The lowest BCUT2D eigenvalue weighted by atomic mass is 10.1. The van der Waals surface area contributed by atoms with Crippen LogP contribution in [0.1, 0.15) is 24.3 Å². The average Bonchev–Trinajstić information content (AvgIpc) is 3.00. The molecule has 0 amide bonds. The lowest BCUT2D eigenvalue weighted by Crippen LogP contribution is -2.09. The van der Waals surface area contributed by atoms with Gasteiger partial charge in [-0.05, 0) is 30.7 Å². The first-order valence-corrected chi connectivity index (χ1v) is 7.61. The van der Waals surface area contributed by atoms with Crippen molar-refractivity contribution in [3.05, 3.63) is 72.2 Å². The summed E-state index contributed by atoms with van der Waals surface area (Å²) in [5.41, 5.74) is 2.21. The molecule has 23 heavy (non-hydrogen) atoms. The molecule has 3 aromatic rings. The van der Waals surface area contributed by atoms with Crippen LogP contribution in [0.4, 0.5) is 5.82 Å². The largest absolute Gasteiger partial charge is 0.482 e. The van der Waals surface area contributed by atoms with Gasteiger partial charge in [-0.1, -0.05) is 30.3 Å². The maximum absolute atomic E-state index is 6.08. The van der Waals surface area contributed by atoms with Crippen molar-refractivity contribution < 1.29 is 4.74 Å². The predicted octanol–water partition coefficient (Wildman–Crippen LogP) is 3.57. The molecule has 5 heteroatoms. The Morgan fingerprint density at radius 1 is 1.09 bits per heavy atom. The minimum Gasteiger partial charge on any atom is -0.482 e. The zero-order chi connectivity index (χ0) is 16.1. The molecule has 0 spiro atoms. The second kappa shape index (κ2) is 6.96. The van der Waals surface area contributed by atoms with Gasteiger partial charge in [-0.2, -0.15) is 5.10 Å². The van der Waals surface area contributed by atoms with Gasteiger partial charge < -0.3 is 10.1 Å². The Labute approximate surface area is 135 Å². The van der Waals surface area contributed by atoms with E-state index in [0.717, 1.165) is 22.8 Å². The summed E-state index contributed by atoms with van der Waals surface area (Å²) >= 11 is 0. The first-order valence-electron chi connectivity index (χ1n) is 7.61. The summed E-state index contributed by atoms with van der Waals surface area (Å²) in [7, 11) is 1.92. The molecular formula is C18H20N4O. The minimum atomic E-state index is -0.0438. The second-order valence-corrected chi connectivity index (χ2v) is 5.32. The second-order valence-electron chi connectivity index (χ2n) is 5.32. The van der Waals surface area contributed by atoms with Crippen LogP contribution in [0.15, 0.2) is 60.9 Å². The summed E-state index contributed by atoms with van der Waals surface area (Å²) in [6.07, 6.45) is 3.49. The molecule has 5 nitrogen and oxygen atoms in total. The molecule has 2 heterocycles. The van der Waals surface area contributed by atoms with Crippen LogP contribution in [0.5, 0.6) is 5.75 Å². The number of pyridine rings is 1. The first-order chi connectivity index (χ1) is 11.2. The van der Waals surface area contributed by atoms with Crippen LogP contribution >= 0.6 is 0 Å². The van der Waals surface area contributed by atoms with E-state index in [1.807, 2.05) is 55.1 Å². The number of hydrogen-bond acceptors (Lipinski definition) is 4. The molecule has 0 fully saturated rings. The monoisotopic (exact) mass is 308 g/mol. The van der Waals surface area contributed by atoms with Crippen molar-refractivity contribution in [2.75, 3.05) is 5.32 Å². The number of nitrogens with zero attached hydrogens (tertiary/aromatic N) is 3. The number of aromatic nitrogens is 3. The summed E-state index contributed by atoms with van der Waals surface area (Å²) < 4.78 is 7.92. The fourth-order valence-corrected chi connectivity index (χ4v) is 2.35. The summed E-state index contributed by atoms with van der Waals surface area (Å²) in [6.45, 7) is 2.68. The highest BCUT2D eigenvalue weighted by atomic mass is 16.5. The van der Waals surface area contributed by atoms with Gasteiger partial charge in [-0.25, -0.2) is 4.98 Å². The Kier molecular flexibility index (Phi) is 4.57. The lowest BCUT2D eigenvalue weighted by molar-refractivity contribution is 0.227. The quantitative estimate of drug-likeness (QED) is 0.756. The number of rotatable bonds is 6. The van der Waals surface area contributed by atoms with Gasteiger partial charge in [0.15, 0.2) is 11.6 Å². The van der Waals surface area contributed by atoms with Crippen LogP contribution in [-0.2, 0) is 13.6 Å². The summed E-state index contributed by atoms with van der Waals surface area (Å²) in [4.78, 5) is 4.39. The molecule has 3 rings (SSSR count). The molecule has 0 aliphatic rings. The molecule has 1 aromatic carbocycles. The van der Waals surface area contributed by atoms with Crippen LogP contribution in [0.2, 0.25) is 0 Å². The molecule has 118 valence electrons. The van der Waals surface area contributed by atoms with E-state index >= 15 is 0 Å². The van der Waals surface area contributed by atoms with E-state index in [2.05, 4.69) is 27.5 Å². The van der Waals surface area contributed by atoms with Gasteiger partial charge in [0.2, 0.25) is 0 Å².